The van der Waals surface area contributed by atoms with E-state index in [0.29, 0.717) is 19.0 Å². The molecule has 1 aliphatic heterocycles. The minimum Gasteiger partial charge on any atom is -0.474 e. The van der Waals surface area contributed by atoms with Gasteiger partial charge in [0.05, 0.1) is 17.2 Å². The fraction of sp³-hybridized carbons (Fsp3) is 0.500. The standard InChI is InChI=1S/C6H7BrN2O2/c7-5-1-8-9-2-4(10)3-11-6(5)9/h1,4,10H,2-3H2/t4-/m1/s1. The van der Waals surface area contributed by atoms with Gasteiger partial charge < -0.3 is 9.84 Å². The highest BCUT2D eigenvalue weighted by Crippen LogP contribution is 2.26. The van der Waals surface area contributed by atoms with Crippen LogP contribution in [0.1, 0.15) is 0 Å². The van der Waals surface area contributed by atoms with Crippen LogP contribution in [0.2, 0.25) is 0 Å². The Bertz CT molecular complexity index is 274. The fourth-order valence-electron chi connectivity index (χ4n) is 1.05. The summed E-state index contributed by atoms with van der Waals surface area (Å²) in [5, 5.41) is 13.2. The van der Waals surface area contributed by atoms with E-state index in [4.69, 9.17) is 9.84 Å². The number of hydrogen-bond acceptors (Lipinski definition) is 3. The number of aliphatic hydroxyl groups is 1. The van der Waals surface area contributed by atoms with E-state index in [2.05, 4.69) is 21.0 Å². The summed E-state index contributed by atoms with van der Waals surface area (Å²) in [7, 11) is 0. The third-order valence-corrected chi connectivity index (χ3v) is 2.09. The van der Waals surface area contributed by atoms with Crippen LogP contribution in [-0.4, -0.2) is 27.6 Å². The Balaban J connectivity index is 2.36. The summed E-state index contributed by atoms with van der Waals surface area (Å²) in [6, 6.07) is 0. The van der Waals surface area contributed by atoms with E-state index in [9.17, 15) is 0 Å². The molecule has 0 bridgehead atoms. The maximum absolute atomic E-state index is 9.16. The molecule has 2 rings (SSSR count). The Kier molecular flexibility index (Phi) is 1.61. The quantitative estimate of drug-likeness (QED) is 0.686. The number of aliphatic hydroxyl groups excluding tert-OH is 1. The van der Waals surface area contributed by atoms with Gasteiger partial charge in [-0.15, -0.1) is 0 Å². The second-order valence-corrected chi connectivity index (χ2v) is 3.30. The van der Waals surface area contributed by atoms with E-state index in [1.807, 2.05) is 0 Å². The molecule has 1 N–H and O–H groups in total. The van der Waals surface area contributed by atoms with Crippen LogP contribution in [0.3, 0.4) is 0 Å². The first-order chi connectivity index (χ1) is 5.27. The van der Waals surface area contributed by atoms with E-state index in [1.165, 1.54) is 0 Å². The Morgan fingerprint density at radius 3 is 3.45 bits per heavy atom. The van der Waals surface area contributed by atoms with Crippen LogP contribution in [0.5, 0.6) is 5.88 Å². The Labute approximate surface area is 71.9 Å². The van der Waals surface area contributed by atoms with Gasteiger partial charge in [0.1, 0.15) is 12.7 Å². The monoisotopic (exact) mass is 218 g/mol. The third kappa shape index (κ3) is 1.14. The van der Waals surface area contributed by atoms with Crippen LogP contribution in [0.25, 0.3) is 0 Å². The van der Waals surface area contributed by atoms with Crippen LogP contribution in [0.4, 0.5) is 0 Å². The maximum Gasteiger partial charge on any atom is 0.226 e. The number of rotatable bonds is 0. The molecule has 0 saturated carbocycles. The SMILES string of the molecule is O[C@H]1COc2c(Br)cnn2C1. The number of nitrogens with zero attached hydrogens (tertiary/aromatic N) is 2. The van der Waals surface area contributed by atoms with E-state index >= 15 is 0 Å². The van der Waals surface area contributed by atoms with Gasteiger partial charge in [0.2, 0.25) is 5.88 Å². The minimum atomic E-state index is -0.436. The molecule has 0 aliphatic carbocycles. The van der Waals surface area contributed by atoms with Crippen LogP contribution < -0.4 is 4.74 Å². The summed E-state index contributed by atoms with van der Waals surface area (Å²) in [5.41, 5.74) is 0. The molecule has 4 nitrogen and oxygen atoms in total. The minimum absolute atomic E-state index is 0.351. The zero-order valence-electron chi connectivity index (χ0n) is 5.70. The van der Waals surface area contributed by atoms with Gasteiger partial charge in [-0.25, -0.2) is 4.68 Å². The average Bonchev–Trinajstić information content (AvgIpc) is 2.32. The second-order valence-electron chi connectivity index (χ2n) is 2.44. The first-order valence-corrected chi connectivity index (χ1v) is 4.09. The van der Waals surface area contributed by atoms with Crippen molar-refractivity contribution in [2.45, 2.75) is 12.6 Å². The van der Waals surface area contributed by atoms with Crippen molar-refractivity contribution in [3.8, 4) is 5.88 Å². The lowest BCUT2D eigenvalue weighted by Crippen LogP contribution is -2.29. The van der Waals surface area contributed by atoms with Crippen molar-refractivity contribution >= 4 is 15.9 Å². The van der Waals surface area contributed by atoms with Gasteiger partial charge in [0, 0.05) is 0 Å². The van der Waals surface area contributed by atoms with Crippen molar-refractivity contribution in [2.75, 3.05) is 6.61 Å². The number of fused-ring (bicyclic) bond motifs is 1. The highest BCUT2D eigenvalue weighted by molar-refractivity contribution is 9.10. The number of hydrogen-bond donors (Lipinski definition) is 1. The summed E-state index contributed by atoms with van der Waals surface area (Å²) in [5.74, 6) is 0.704. The third-order valence-electron chi connectivity index (χ3n) is 1.55. The summed E-state index contributed by atoms with van der Waals surface area (Å²) in [6.45, 7) is 0.866. The smallest absolute Gasteiger partial charge is 0.226 e. The van der Waals surface area contributed by atoms with E-state index in [-0.39, 0.29) is 0 Å². The summed E-state index contributed by atoms with van der Waals surface area (Å²) < 4.78 is 7.68. The predicted molar refractivity (Wildman–Crippen MR) is 41.4 cm³/mol. The van der Waals surface area contributed by atoms with Crippen LogP contribution >= 0.6 is 15.9 Å². The van der Waals surface area contributed by atoms with Gasteiger partial charge in [0.25, 0.3) is 0 Å². The number of ether oxygens (including phenoxy) is 1. The zero-order valence-corrected chi connectivity index (χ0v) is 7.28. The van der Waals surface area contributed by atoms with E-state index < -0.39 is 6.10 Å². The van der Waals surface area contributed by atoms with Gasteiger partial charge in [0.15, 0.2) is 0 Å². The molecule has 0 spiro atoms. The van der Waals surface area contributed by atoms with Crippen LogP contribution in [-0.2, 0) is 6.54 Å². The normalized spacial score (nSPS) is 22.5. The molecule has 0 aromatic carbocycles. The van der Waals surface area contributed by atoms with Crippen LogP contribution in [0.15, 0.2) is 10.7 Å². The van der Waals surface area contributed by atoms with Crippen molar-refractivity contribution in [1.29, 1.82) is 0 Å². The van der Waals surface area contributed by atoms with Crippen molar-refractivity contribution in [2.24, 2.45) is 0 Å². The maximum atomic E-state index is 9.16. The molecule has 11 heavy (non-hydrogen) atoms. The fourth-order valence-corrected chi connectivity index (χ4v) is 1.46. The van der Waals surface area contributed by atoms with Crippen molar-refractivity contribution in [3.05, 3.63) is 10.7 Å². The van der Waals surface area contributed by atoms with Crippen LogP contribution in [0, 0.1) is 0 Å². The zero-order chi connectivity index (χ0) is 7.84. The summed E-state index contributed by atoms with van der Waals surface area (Å²) in [4.78, 5) is 0. The van der Waals surface area contributed by atoms with Gasteiger partial charge in [-0.3, -0.25) is 0 Å². The molecule has 1 aromatic heterocycles. The largest absolute Gasteiger partial charge is 0.474 e. The summed E-state index contributed by atoms with van der Waals surface area (Å²) >= 11 is 3.28. The average molecular weight is 219 g/mol. The summed E-state index contributed by atoms with van der Waals surface area (Å²) in [6.07, 6.45) is 1.22. The van der Waals surface area contributed by atoms with Crippen molar-refractivity contribution < 1.29 is 9.84 Å². The second kappa shape index (κ2) is 2.49. The molecule has 5 heteroatoms. The van der Waals surface area contributed by atoms with E-state index in [1.54, 1.807) is 10.9 Å². The molecule has 0 unspecified atom stereocenters. The van der Waals surface area contributed by atoms with Gasteiger partial charge in [-0.05, 0) is 15.9 Å². The van der Waals surface area contributed by atoms with Gasteiger partial charge in [-0.1, -0.05) is 0 Å². The van der Waals surface area contributed by atoms with Crippen molar-refractivity contribution in [3.63, 3.8) is 0 Å². The lowest BCUT2D eigenvalue weighted by molar-refractivity contribution is 0.0553. The molecule has 0 fully saturated rings. The Morgan fingerprint density at radius 2 is 2.64 bits per heavy atom. The van der Waals surface area contributed by atoms with Crippen molar-refractivity contribution in [1.82, 2.24) is 9.78 Å². The molecule has 60 valence electrons. The predicted octanol–water partition coefficient (Wildman–Crippen LogP) is 0.399. The Hall–Kier alpha value is -0.550. The Morgan fingerprint density at radius 1 is 1.82 bits per heavy atom. The van der Waals surface area contributed by atoms with Gasteiger partial charge in [-0.2, -0.15) is 5.10 Å². The first kappa shape index (κ1) is 7.12. The molecule has 1 aliphatic rings. The molecule has 0 saturated heterocycles. The number of halogens is 1. The topological polar surface area (TPSA) is 47.3 Å². The first-order valence-electron chi connectivity index (χ1n) is 3.29. The molecular weight excluding hydrogens is 212 g/mol. The van der Waals surface area contributed by atoms with Gasteiger partial charge >= 0.3 is 0 Å². The number of aromatic nitrogens is 2. The molecule has 1 aromatic rings. The molecular formula is C6H7BrN2O2. The lowest BCUT2D eigenvalue weighted by Gasteiger charge is -2.19. The van der Waals surface area contributed by atoms with E-state index in [0.717, 1.165) is 4.47 Å². The molecule has 0 radical (unpaired) electrons. The molecule has 0 amide bonds. The highest BCUT2D eigenvalue weighted by Gasteiger charge is 2.19. The highest BCUT2D eigenvalue weighted by atomic mass is 79.9. The lowest BCUT2D eigenvalue weighted by atomic mass is 10.3. The molecule has 2 heterocycles. The molecule has 1 atom stereocenters.